The number of benzene rings is 7. The van der Waals surface area contributed by atoms with Crippen LogP contribution in [0.15, 0.2) is 188 Å². The van der Waals surface area contributed by atoms with E-state index < -0.39 is 0 Å². The van der Waals surface area contributed by atoms with Gasteiger partial charge in [0, 0.05) is 44.9 Å². The SMILES string of the molecule is CC1CC(c2ccc3c(c2)c2ccccc2n3-c2ccccc2)=CC=C1N(c1ccc(-c2ccccc2)cc1)c1ccc2c(c1)C(C)(C)c1ccccc1-2. The van der Waals surface area contributed by atoms with Gasteiger partial charge in [-0.1, -0.05) is 142 Å². The monoisotopic (exact) mass is 694 g/mol. The number of aromatic nitrogens is 1. The molecule has 1 atom stereocenters. The Labute approximate surface area is 318 Å². The van der Waals surface area contributed by atoms with E-state index in [1.54, 1.807) is 0 Å². The smallest absolute Gasteiger partial charge is 0.0541 e. The molecule has 0 N–H and O–H groups in total. The van der Waals surface area contributed by atoms with Crippen molar-refractivity contribution in [3.8, 4) is 27.9 Å². The number of allylic oxidation sites excluding steroid dienone is 4. The summed E-state index contributed by atoms with van der Waals surface area (Å²) in [6.45, 7) is 7.12. The number of nitrogens with zero attached hydrogens (tertiary/aromatic N) is 2. The minimum absolute atomic E-state index is 0.0767. The topological polar surface area (TPSA) is 8.17 Å². The summed E-state index contributed by atoms with van der Waals surface area (Å²) in [5.74, 6) is 0.290. The maximum Gasteiger partial charge on any atom is 0.0541 e. The molecule has 10 rings (SSSR count). The van der Waals surface area contributed by atoms with E-state index in [1.165, 1.54) is 89.1 Å². The van der Waals surface area contributed by atoms with Gasteiger partial charge in [-0.3, -0.25) is 0 Å². The molecule has 2 aliphatic rings. The third kappa shape index (κ3) is 5.16. The molecule has 0 saturated carbocycles. The van der Waals surface area contributed by atoms with E-state index in [-0.39, 0.29) is 5.41 Å². The van der Waals surface area contributed by atoms with E-state index in [9.17, 15) is 0 Å². The van der Waals surface area contributed by atoms with E-state index in [4.69, 9.17) is 0 Å². The van der Waals surface area contributed by atoms with Crippen LogP contribution in [0.3, 0.4) is 0 Å². The Morgan fingerprint density at radius 2 is 1.15 bits per heavy atom. The summed E-state index contributed by atoms with van der Waals surface area (Å²) in [6, 6.07) is 62.3. The van der Waals surface area contributed by atoms with Crippen molar-refractivity contribution in [2.24, 2.45) is 5.92 Å². The van der Waals surface area contributed by atoms with Gasteiger partial charge < -0.3 is 9.47 Å². The Hall–Kier alpha value is -6.38. The summed E-state index contributed by atoms with van der Waals surface area (Å²) < 4.78 is 2.39. The second kappa shape index (κ2) is 12.6. The molecule has 0 aliphatic heterocycles. The van der Waals surface area contributed by atoms with Crippen LogP contribution in [0.2, 0.25) is 0 Å². The molecule has 260 valence electrons. The number of hydrogen-bond acceptors (Lipinski definition) is 1. The zero-order chi connectivity index (χ0) is 36.4. The molecule has 54 heavy (non-hydrogen) atoms. The van der Waals surface area contributed by atoms with Crippen LogP contribution in [0.5, 0.6) is 0 Å². The zero-order valence-electron chi connectivity index (χ0n) is 31.0. The molecular weight excluding hydrogens is 653 g/mol. The number of fused-ring (bicyclic) bond motifs is 6. The van der Waals surface area contributed by atoms with Crippen molar-refractivity contribution in [2.45, 2.75) is 32.6 Å². The minimum Gasteiger partial charge on any atom is -0.314 e. The first-order valence-corrected chi connectivity index (χ1v) is 19.2. The highest BCUT2D eigenvalue weighted by molar-refractivity contribution is 6.10. The molecule has 0 spiro atoms. The minimum atomic E-state index is -0.0767. The maximum absolute atomic E-state index is 2.50. The largest absolute Gasteiger partial charge is 0.314 e. The van der Waals surface area contributed by atoms with Gasteiger partial charge in [-0.25, -0.2) is 0 Å². The van der Waals surface area contributed by atoms with Gasteiger partial charge in [-0.05, 0) is 112 Å². The molecule has 1 aromatic heterocycles. The summed E-state index contributed by atoms with van der Waals surface area (Å²) in [5.41, 5.74) is 17.9. The highest BCUT2D eigenvalue weighted by Gasteiger charge is 2.36. The first-order chi connectivity index (χ1) is 26.5. The number of hydrogen-bond donors (Lipinski definition) is 0. The van der Waals surface area contributed by atoms with Gasteiger partial charge in [-0.2, -0.15) is 0 Å². The van der Waals surface area contributed by atoms with Gasteiger partial charge in [0.2, 0.25) is 0 Å². The highest BCUT2D eigenvalue weighted by Crippen LogP contribution is 2.51. The highest BCUT2D eigenvalue weighted by atomic mass is 15.2. The molecule has 1 unspecified atom stereocenters. The molecule has 2 heteroatoms. The van der Waals surface area contributed by atoms with Crippen molar-refractivity contribution in [3.63, 3.8) is 0 Å². The fourth-order valence-electron chi connectivity index (χ4n) is 9.10. The number of para-hydroxylation sites is 2. The summed E-state index contributed by atoms with van der Waals surface area (Å²) in [5, 5.41) is 2.57. The lowest BCUT2D eigenvalue weighted by atomic mass is 9.82. The fourth-order valence-corrected chi connectivity index (χ4v) is 9.10. The van der Waals surface area contributed by atoms with Gasteiger partial charge in [0.25, 0.3) is 0 Å². The van der Waals surface area contributed by atoms with Crippen LogP contribution < -0.4 is 4.90 Å². The molecular formula is C52H42N2. The normalized spacial score (nSPS) is 15.8. The lowest BCUT2D eigenvalue weighted by Gasteiger charge is -2.34. The van der Waals surface area contributed by atoms with Gasteiger partial charge in [0.1, 0.15) is 0 Å². The van der Waals surface area contributed by atoms with Gasteiger partial charge >= 0.3 is 0 Å². The average molecular weight is 695 g/mol. The quantitative estimate of drug-likeness (QED) is 0.168. The number of anilines is 2. The van der Waals surface area contributed by atoms with Crippen LogP contribution in [-0.2, 0) is 5.41 Å². The van der Waals surface area contributed by atoms with Crippen LogP contribution in [0.25, 0.3) is 55.3 Å². The predicted octanol–water partition coefficient (Wildman–Crippen LogP) is 13.9. The van der Waals surface area contributed by atoms with Crippen LogP contribution in [0, 0.1) is 5.92 Å². The van der Waals surface area contributed by atoms with Gasteiger partial charge in [0.05, 0.1) is 11.0 Å². The molecule has 7 aromatic carbocycles. The summed E-state index contributed by atoms with van der Waals surface area (Å²) in [6.07, 6.45) is 5.69. The molecule has 0 saturated heterocycles. The summed E-state index contributed by atoms with van der Waals surface area (Å²) >= 11 is 0. The first-order valence-electron chi connectivity index (χ1n) is 19.2. The molecule has 0 amide bonds. The van der Waals surface area contributed by atoms with Crippen LogP contribution in [0.4, 0.5) is 11.4 Å². The molecule has 0 bridgehead atoms. The zero-order valence-corrected chi connectivity index (χ0v) is 31.0. The summed E-state index contributed by atoms with van der Waals surface area (Å²) in [4.78, 5) is 2.50. The summed E-state index contributed by atoms with van der Waals surface area (Å²) in [7, 11) is 0. The van der Waals surface area contributed by atoms with Crippen molar-refractivity contribution >= 4 is 38.8 Å². The van der Waals surface area contributed by atoms with Crippen molar-refractivity contribution in [1.82, 2.24) is 4.57 Å². The average Bonchev–Trinajstić information content (AvgIpc) is 3.67. The number of rotatable bonds is 6. The molecule has 2 nitrogen and oxygen atoms in total. The first kappa shape index (κ1) is 32.3. The third-order valence-electron chi connectivity index (χ3n) is 11.9. The van der Waals surface area contributed by atoms with Crippen molar-refractivity contribution in [2.75, 3.05) is 4.90 Å². The Morgan fingerprint density at radius 1 is 0.519 bits per heavy atom. The second-order valence-electron chi connectivity index (χ2n) is 15.5. The lowest BCUT2D eigenvalue weighted by molar-refractivity contribution is 0.658. The molecule has 0 fully saturated rings. The Kier molecular flexibility index (Phi) is 7.56. The van der Waals surface area contributed by atoms with E-state index in [0.29, 0.717) is 5.92 Å². The molecule has 8 aromatic rings. The second-order valence-corrected chi connectivity index (χ2v) is 15.5. The molecule has 1 heterocycles. The Balaban J connectivity index is 1.08. The van der Waals surface area contributed by atoms with E-state index in [2.05, 4.69) is 212 Å². The van der Waals surface area contributed by atoms with Gasteiger partial charge in [-0.15, -0.1) is 0 Å². The lowest BCUT2D eigenvalue weighted by Crippen LogP contribution is -2.24. The van der Waals surface area contributed by atoms with Crippen molar-refractivity contribution < 1.29 is 0 Å². The van der Waals surface area contributed by atoms with Gasteiger partial charge in [0.15, 0.2) is 0 Å². The van der Waals surface area contributed by atoms with E-state index in [0.717, 1.165) is 6.42 Å². The van der Waals surface area contributed by atoms with E-state index >= 15 is 0 Å². The van der Waals surface area contributed by atoms with E-state index in [1.807, 2.05) is 0 Å². The van der Waals surface area contributed by atoms with Crippen LogP contribution >= 0.6 is 0 Å². The maximum atomic E-state index is 2.50. The molecule has 0 radical (unpaired) electrons. The Morgan fingerprint density at radius 3 is 1.94 bits per heavy atom. The van der Waals surface area contributed by atoms with Crippen LogP contribution in [-0.4, -0.2) is 4.57 Å². The predicted molar refractivity (Wildman–Crippen MR) is 229 cm³/mol. The third-order valence-corrected chi connectivity index (χ3v) is 11.9. The Bertz CT molecular complexity index is 2760. The van der Waals surface area contributed by atoms with Crippen molar-refractivity contribution in [1.29, 1.82) is 0 Å². The van der Waals surface area contributed by atoms with Crippen molar-refractivity contribution in [3.05, 3.63) is 204 Å². The molecule has 2 aliphatic carbocycles. The standard InChI is InChI=1S/C52H42N2/c1-35-32-38(39-25-31-51-46(33-39)45-19-11-13-21-50(45)54(51)40-16-8-5-9-17-40)24-30-49(35)53(41-26-22-37(23-27-41)36-14-6-4-7-15-36)42-28-29-44-43-18-10-12-20-47(43)52(2,3)48(44)34-42/h4-31,33-35H,32H2,1-3H3. The fraction of sp³-hybridized carbons (Fsp3) is 0.115. The van der Waals surface area contributed by atoms with Crippen LogP contribution in [0.1, 0.15) is 43.9 Å².